The maximum atomic E-state index is 12.2. The highest BCUT2D eigenvalue weighted by molar-refractivity contribution is 14.1. The van der Waals surface area contributed by atoms with E-state index in [0.717, 1.165) is 29.7 Å². The van der Waals surface area contributed by atoms with Crippen molar-refractivity contribution in [3.63, 3.8) is 0 Å². The molecule has 2 amide bonds. The third-order valence-electron chi connectivity index (χ3n) is 6.31. The molecule has 0 spiro atoms. The number of quaternary nitrogens is 1. The molecule has 0 fully saturated rings. The molecular formula is C27H58IN4OS+. The van der Waals surface area contributed by atoms with Crippen LogP contribution >= 0.6 is 34.4 Å². The fourth-order valence-electron chi connectivity index (χ4n) is 4.07. The number of rotatable bonds is 23. The van der Waals surface area contributed by atoms with Crippen LogP contribution in [0.4, 0.5) is 4.79 Å². The van der Waals surface area contributed by atoms with E-state index in [-0.39, 0.29) is 9.96 Å². The molecule has 0 aromatic carbocycles. The summed E-state index contributed by atoms with van der Waals surface area (Å²) in [5.74, 6) is 1.07. The summed E-state index contributed by atoms with van der Waals surface area (Å²) < 4.78 is 1.23. The molecule has 5 nitrogen and oxygen atoms in total. The van der Waals surface area contributed by atoms with Crippen LogP contribution in [0.15, 0.2) is 0 Å². The molecule has 34 heavy (non-hydrogen) atoms. The van der Waals surface area contributed by atoms with Gasteiger partial charge in [0.1, 0.15) is 0 Å². The van der Waals surface area contributed by atoms with Crippen molar-refractivity contribution in [2.45, 2.75) is 119 Å². The molecule has 2 unspecified atom stereocenters. The minimum Gasteiger partial charge on any atom is -0.341 e. The molecule has 2 atom stereocenters. The van der Waals surface area contributed by atoms with Crippen molar-refractivity contribution in [3.05, 3.63) is 0 Å². The number of halogens is 1. The van der Waals surface area contributed by atoms with Crippen molar-refractivity contribution in [1.82, 2.24) is 16.0 Å². The highest BCUT2D eigenvalue weighted by Gasteiger charge is 2.36. The van der Waals surface area contributed by atoms with Gasteiger partial charge in [-0.2, -0.15) is 0 Å². The average Bonchev–Trinajstić information content (AvgIpc) is 2.78. The molecule has 0 aliphatic heterocycles. The summed E-state index contributed by atoms with van der Waals surface area (Å²) in [6.45, 7) is 6.48. The highest BCUT2D eigenvalue weighted by atomic mass is 127. The van der Waals surface area contributed by atoms with Gasteiger partial charge < -0.3 is 15.1 Å². The Morgan fingerprint density at radius 1 is 0.853 bits per heavy atom. The SMILES string of the molecule is CCCCCCCCCCCCCCCCSC(NCCC[N+](C)(C)C)(NC(=O)NC)C(C)I. The van der Waals surface area contributed by atoms with E-state index in [1.165, 1.54) is 89.9 Å². The van der Waals surface area contributed by atoms with Crippen LogP contribution in [0.25, 0.3) is 0 Å². The monoisotopic (exact) mass is 613 g/mol. The van der Waals surface area contributed by atoms with Gasteiger partial charge in [0.2, 0.25) is 0 Å². The molecule has 0 bridgehead atoms. The molecule has 0 aliphatic rings. The molecule has 0 aromatic heterocycles. The molecule has 0 saturated heterocycles. The maximum absolute atomic E-state index is 12.2. The number of carbonyl (C=O) groups is 1. The average molecular weight is 614 g/mol. The van der Waals surface area contributed by atoms with Crippen molar-refractivity contribution >= 4 is 40.4 Å². The Balaban J connectivity index is 4.10. The zero-order valence-corrected chi connectivity index (χ0v) is 26.4. The van der Waals surface area contributed by atoms with Gasteiger partial charge >= 0.3 is 6.03 Å². The van der Waals surface area contributed by atoms with E-state index in [9.17, 15) is 4.79 Å². The summed E-state index contributed by atoms with van der Waals surface area (Å²) in [6, 6.07) is -0.115. The summed E-state index contributed by atoms with van der Waals surface area (Å²) in [5.41, 5.74) is 0. The molecule has 0 aliphatic carbocycles. The molecule has 204 valence electrons. The van der Waals surface area contributed by atoms with Crippen LogP contribution in [0, 0.1) is 0 Å². The lowest BCUT2D eigenvalue weighted by Gasteiger charge is -2.38. The van der Waals surface area contributed by atoms with E-state index in [1.807, 2.05) is 11.8 Å². The molecule has 0 aromatic rings. The maximum Gasteiger partial charge on any atom is 0.316 e. The van der Waals surface area contributed by atoms with Crippen molar-refractivity contribution in [1.29, 1.82) is 0 Å². The van der Waals surface area contributed by atoms with Gasteiger partial charge in [-0.25, -0.2) is 4.79 Å². The highest BCUT2D eigenvalue weighted by Crippen LogP contribution is 2.30. The van der Waals surface area contributed by atoms with Gasteiger partial charge in [0.25, 0.3) is 0 Å². The number of carbonyl (C=O) groups excluding carboxylic acids is 1. The second kappa shape index (κ2) is 21.4. The van der Waals surface area contributed by atoms with Crippen LogP contribution < -0.4 is 16.0 Å². The lowest BCUT2D eigenvalue weighted by molar-refractivity contribution is -0.870. The molecule has 7 heteroatoms. The summed E-state index contributed by atoms with van der Waals surface area (Å²) in [5, 5.41) is 9.64. The van der Waals surface area contributed by atoms with Gasteiger partial charge in [-0.1, -0.05) is 113 Å². The first-order valence-electron chi connectivity index (χ1n) is 14.0. The van der Waals surface area contributed by atoms with Crippen LogP contribution in [-0.4, -0.2) is 66.5 Å². The van der Waals surface area contributed by atoms with Gasteiger partial charge in [-0.15, -0.1) is 11.8 Å². The van der Waals surface area contributed by atoms with Crippen LogP contribution in [0.1, 0.15) is 110 Å². The normalized spacial score (nSPS) is 14.6. The Hall–Kier alpha value is 0.270. The zero-order chi connectivity index (χ0) is 25.7. The standard InChI is InChI=1S/C27H57IN4OS/c1-7-8-9-10-11-12-13-14-15-16-17-18-19-20-24-34-27(25(2)28,31-26(33)29-3)30-22-21-23-32(4,5)6/h25,30H,7-24H2,1-6H3,(H-,29,31,33)/p+1. The fraction of sp³-hybridized carbons (Fsp3) is 0.963. The van der Waals surface area contributed by atoms with E-state index < -0.39 is 4.99 Å². The van der Waals surface area contributed by atoms with E-state index >= 15 is 0 Å². The lowest BCUT2D eigenvalue weighted by Crippen LogP contribution is -2.63. The number of hydrogen-bond acceptors (Lipinski definition) is 3. The zero-order valence-electron chi connectivity index (χ0n) is 23.4. The molecule has 0 radical (unpaired) electrons. The molecular weight excluding hydrogens is 555 g/mol. The van der Waals surface area contributed by atoms with E-state index in [0.29, 0.717) is 0 Å². The number of alkyl halides is 1. The Labute approximate surface area is 230 Å². The number of nitrogens with one attached hydrogen (secondary N) is 3. The van der Waals surface area contributed by atoms with Gasteiger partial charge in [0, 0.05) is 20.0 Å². The largest absolute Gasteiger partial charge is 0.341 e. The third-order valence-corrected chi connectivity index (χ3v) is 9.21. The summed E-state index contributed by atoms with van der Waals surface area (Å²) in [7, 11) is 8.36. The second-order valence-electron chi connectivity index (χ2n) is 10.8. The second-order valence-corrected chi connectivity index (χ2v) is 14.0. The van der Waals surface area contributed by atoms with Gasteiger partial charge in [-0.05, 0) is 19.1 Å². The number of amides is 2. The molecule has 0 rings (SSSR count). The van der Waals surface area contributed by atoms with Crippen LogP contribution in [-0.2, 0) is 0 Å². The smallest absolute Gasteiger partial charge is 0.316 e. The summed E-state index contributed by atoms with van der Waals surface area (Å²) in [6.07, 6.45) is 20.4. The molecule has 0 saturated carbocycles. The Kier molecular flexibility index (Phi) is 21.5. The first-order chi connectivity index (χ1) is 16.2. The quantitative estimate of drug-likeness (QED) is 0.0373. The Morgan fingerprint density at radius 2 is 1.32 bits per heavy atom. The predicted molar refractivity (Wildman–Crippen MR) is 162 cm³/mol. The van der Waals surface area contributed by atoms with Crippen LogP contribution in [0.5, 0.6) is 0 Å². The van der Waals surface area contributed by atoms with E-state index in [2.05, 4.69) is 73.5 Å². The first kappa shape index (κ1) is 34.3. The minimum absolute atomic E-state index is 0.115. The first-order valence-corrected chi connectivity index (χ1v) is 16.2. The van der Waals surface area contributed by atoms with Crippen molar-refractivity contribution < 1.29 is 9.28 Å². The third kappa shape index (κ3) is 19.5. The lowest BCUT2D eigenvalue weighted by atomic mass is 10.0. The fourth-order valence-corrected chi connectivity index (χ4v) is 6.26. The number of nitrogens with zero attached hydrogens (tertiary/aromatic N) is 1. The number of urea groups is 1. The van der Waals surface area contributed by atoms with Gasteiger partial charge in [0.05, 0.1) is 31.6 Å². The van der Waals surface area contributed by atoms with Crippen LogP contribution in [0.2, 0.25) is 0 Å². The molecule has 3 N–H and O–H groups in total. The van der Waals surface area contributed by atoms with Crippen molar-refractivity contribution in [2.75, 3.05) is 47.0 Å². The van der Waals surface area contributed by atoms with Gasteiger partial charge in [-0.3, -0.25) is 5.32 Å². The van der Waals surface area contributed by atoms with E-state index in [1.54, 1.807) is 7.05 Å². The van der Waals surface area contributed by atoms with Crippen LogP contribution in [0.3, 0.4) is 0 Å². The summed E-state index contributed by atoms with van der Waals surface area (Å²) >= 11 is 4.31. The number of unbranched alkanes of at least 4 members (excludes halogenated alkanes) is 13. The predicted octanol–water partition coefficient (Wildman–Crippen LogP) is 7.29. The number of thioether (sulfide) groups is 1. The topological polar surface area (TPSA) is 53.2 Å². The van der Waals surface area contributed by atoms with Crippen molar-refractivity contribution in [2.24, 2.45) is 0 Å². The Bertz CT molecular complexity index is 488. The number of hydrogen-bond donors (Lipinski definition) is 3. The van der Waals surface area contributed by atoms with E-state index in [4.69, 9.17) is 0 Å². The van der Waals surface area contributed by atoms with Gasteiger partial charge in [0.15, 0.2) is 4.99 Å². The minimum atomic E-state index is -0.428. The summed E-state index contributed by atoms with van der Waals surface area (Å²) in [4.78, 5) is 11.8. The molecule has 0 heterocycles. The Morgan fingerprint density at radius 3 is 1.74 bits per heavy atom. The van der Waals surface area contributed by atoms with Crippen molar-refractivity contribution in [3.8, 4) is 0 Å².